The first-order chi connectivity index (χ1) is 18.5. The van der Waals surface area contributed by atoms with Gasteiger partial charge in [-0.15, -0.1) is 0 Å². The molecule has 12 heteroatoms. The van der Waals surface area contributed by atoms with E-state index in [2.05, 4.69) is 5.32 Å². The van der Waals surface area contributed by atoms with Crippen molar-refractivity contribution in [2.75, 3.05) is 61.1 Å². The van der Waals surface area contributed by atoms with Gasteiger partial charge in [-0.2, -0.15) is 0 Å². The Hall–Kier alpha value is -3.51. The first-order valence-corrected chi connectivity index (χ1v) is 14.5. The molecule has 0 saturated carbocycles. The van der Waals surface area contributed by atoms with Gasteiger partial charge in [0.25, 0.3) is 5.91 Å². The minimum atomic E-state index is -3.03. The molecule has 2 aromatic carbocycles. The standard InChI is InChI=1S/C27H27F2N3O6S/c1-16(30-20-9-18(28)8-19(29)10-20)21-6-17(26(34)32-12-27(13-32)14-39(35,36)15-27)7-22-23(33)11-24(38-25(21)22)31-2-4-37-5-3-31/h6-11,16,30H,2-5,12-15H2,1H3. The Morgan fingerprint density at radius 1 is 1.03 bits per heavy atom. The number of amides is 1. The summed E-state index contributed by atoms with van der Waals surface area (Å²) in [7, 11) is -3.03. The summed E-state index contributed by atoms with van der Waals surface area (Å²) in [6.07, 6.45) is 0. The molecule has 1 N–H and O–H groups in total. The lowest BCUT2D eigenvalue weighted by Gasteiger charge is -2.54. The second-order valence-electron chi connectivity index (χ2n) is 10.7. The van der Waals surface area contributed by atoms with Gasteiger partial charge in [-0.25, -0.2) is 17.2 Å². The molecular formula is C27H27F2N3O6S. The van der Waals surface area contributed by atoms with Gasteiger partial charge in [0.2, 0.25) is 0 Å². The summed E-state index contributed by atoms with van der Waals surface area (Å²) >= 11 is 0. The predicted octanol–water partition coefficient (Wildman–Crippen LogP) is 2.95. The Kier molecular flexibility index (Phi) is 6.14. The number of likely N-dealkylation sites (tertiary alicyclic amines) is 1. The van der Waals surface area contributed by atoms with E-state index in [9.17, 15) is 26.8 Å². The van der Waals surface area contributed by atoms with Gasteiger partial charge in [-0.3, -0.25) is 9.59 Å². The fraction of sp³-hybridized carbons (Fsp3) is 0.407. The van der Waals surface area contributed by atoms with Crippen molar-refractivity contribution in [3.63, 3.8) is 0 Å². The lowest BCUT2D eigenvalue weighted by atomic mass is 9.82. The topological polar surface area (TPSA) is 109 Å². The fourth-order valence-corrected chi connectivity index (χ4v) is 7.93. The quantitative estimate of drug-likeness (QED) is 0.509. The van der Waals surface area contributed by atoms with Gasteiger partial charge in [0, 0.05) is 60.5 Å². The number of sulfone groups is 1. The Morgan fingerprint density at radius 3 is 2.33 bits per heavy atom. The van der Waals surface area contributed by atoms with Crippen LogP contribution in [0.4, 0.5) is 20.4 Å². The molecule has 1 unspecified atom stereocenters. The van der Waals surface area contributed by atoms with E-state index in [1.165, 1.54) is 12.1 Å². The highest BCUT2D eigenvalue weighted by molar-refractivity contribution is 7.92. The first-order valence-electron chi connectivity index (χ1n) is 12.7. The molecule has 0 bridgehead atoms. The summed E-state index contributed by atoms with van der Waals surface area (Å²) in [4.78, 5) is 30.2. The number of hydrogen-bond donors (Lipinski definition) is 1. The van der Waals surface area contributed by atoms with Crippen molar-refractivity contribution < 1.29 is 31.1 Å². The number of fused-ring (bicyclic) bond motifs is 1. The minimum absolute atomic E-state index is 0.0752. The number of nitrogens with zero attached hydrogens (tertiary/aromatic N) is 2. The maximum absolute atomic E-state index is 13.9. The Labute approximate surface area is 223 Å². The van der Waals surface area contributed by atoms with Crippen LogP contribution >= 0.6 is 0 Å². The van der Waals surface area contributed by atoms with Gasteiger partial charge in [-0.1, -0.05) is 0 Å². The van der Waals surface area contributed by atoms with E-state index in [0.29, 0.717) is 50.8 Å². The van der Waals surface area contributed by atoms with E-state index in [0.717, 1.165) is 18.2 Å². The molecule has 206 valence electrons. The second-order valence-corrected chi connectivity index (χ2v) is 12.8. The molecule has 1 spiro atoms. The average Bonchev–Trinajstić information content (AvgIpc) is 2.84. The molecule has 1 aromatic heterocycles. The summed E-state index contributed by atoms with van der Waals surface area (Å²) in [5.41, 5.74) is 0.461. The zero-order valence-electron chi connectivity index (χ0n) is 21.2. The number of nitrogens with one attached hydrogen (secondary N) is 1. The molecule has 3 fully saturated rings. The second kappa shape index (κ2) is 9.30. The summed E-state index contributed by atoms with van der Waals surface area (Å²) in [5.74, 6) is -1.30. The third-order valence-corrected chi connectivity index (χ3v) is 9.62. The number of morpholine rings is 1. The third-order valence-electron chi connectivity index (χ3n) is 7.52. The lowest BCUT2D eigenvalue weighted by Crippen LogP contribution is -2.69. The van der Waals surface area contributed by atoms with Crippen molar-refractivity contribution in [2.24, 2.45) is 5.41 Å². The summed E-state index contributed by atoms with van der Waals surface area (Å²) in [6, 6.07) is 6.97. The van der Waals surface area contributed by atoms with Crippen LogP contribution in [0, 0.1) is 17.0 Å². The maximum atomic E-state index is 13.9. The van der Waals surface area contributed by atoms with Gasteiger partial charge >= 0.3 is 0 Å². The Bertz CT molecular complexity index is 1610. The molecule has 3 saturated heterocycles. The number of rotatable bonds is 5. The normalized spacial score (nSPS) is 20.4. The highest BCUT2D eigenvalue weighted by atomic mass is 32.2. The van der Waals surface area contributed by atoms with Gasteiger partial charge in [0.1, 0.15) is 17.2 Å². The fourth-order valence-electron chi connectivity index (χ4n) is 5.78. The monoisotopic (exact) mass is 559 g/mol. The van der Waals surface area contributed by atoms with Gasteiger partial charge in [-0.05, 0) is 31.2 Å². The predicted molar refractivity (Wildman–Crippen MR) is 141 cm³/mol. The molecule has 0 radical (unpaired) electrons. The maximum Gasteiger partial charge on any atom is 0.253 e. The number of anilines is 2. The van der Waals surface area contributed by atoms with E-state index < -0.39 is 27.5 Å². The molecular weight excluding hydrogens is 532 g/mol. The van der Waals surface area contributed by atoms with Gasteiger partial charge < -0.3 is 24.3 Å². The minimum Gasteiger partial charge on any atom is -0.440 e. The van der Waals surface area contributed by atoms with Crippen LogP contribution in [0.15, 0.2) is 45.6 Å². The highest BCUT2D eigenvalue weighted by Crippen LogP contribution is 2.42. The van der Waals surface area contributed by atoms with Crippen molar-refractivity contribution in [2.45, 2.75) is 13.0 Å². The number of hydrogen-bond acceptors (Lipinski definition) is 8. The molecule has 39 heavy (non-hydrogen) atoms. The van der Waals surface area contributed by atoms with Crippen LogP contribution in [0.1, 0.15) is 28.9 Å². The van der Waals surface area contributed by atoms with E-state index in [1.54, 1.807) is 17.9 Å². The van der Waals surface area contributed by atoms with Crippen LogP contribution in [-0.2, 0) is 14.6 Å². The van der Waals surface area contributed by atoms with Crippen LogP contribution < -0.4 is 15.6 Å². The number of halogens is 2. The zero-order chi connectivity index (χ0) is 27.5. The Morgan fingerprint density at radius 2 is 1.69 bits per heavy atom. The van der Waals surface area contributed by atoms with Crippen LogP contribution in [0.2, 0.25) is 0 Å². The summed E-state index contributed by atoms with van der Waals surface area (Å²) < 4.78 is 62.7. The highest BCUT2D eigenvalue weighted by Gasteiger charge is 2.57. The number of ether oxygens (including phenoxy) is 1. The first kappa shape index (κ1) is 25.8. The van der Waals surface area contributed by atoms with Crippen molar-refractivity contribution >= 4 is 38.3 Å². The summed E-state index contributed by atoms with van der Waals surface area (Å²) in [5, 5.41) is 3.25. The molecule has 1 amide bonds. The number of carbonyl (C=O) groups is 1. The largest absolute Gasteiger partial charge is 0.440 e. The molecule has 3 aliphatic rings. The molecule has 0 aliphatic carbocycles. The zero-order valence-corrected chi connectivity index (χ0v) is 22.0. The van der Waals surface area contributed by atoms with Gasteiger partial charge in [0.05, 0.1) is 36.1 Å². The molecule has 3 aromatic rings. The van der Waals surface area contributed by atoms with E-state index >= 15 is 0 Å². The van der Waals surface area contributed by atoms with E-state index in [-0.39, 0.29) is 50.5 Å². The molecule has 4 heterocycles. The van der Waals surface area contributed by atoms with Crippen LogP contribution in [-0.4, -0.2) is 70.1 Å². The number of benzene rings is 2. The molecule has 9 nitrogen and oxygen atoms in total. The Balaban J connectivity index is 1.38. The van der Waals surface area contributed by atoms with E-state index in [1.807, 2.05) is 4.90 Å². The van der Waals surface area contributed by atoms with Crippen LogP contribution in [0.5, 0.6) is 0 Å². The SMILES string of the molecule is CC(Nc1cc(F)cc(F)c1)c1cc(C(=O)N2CC3(C2)CS(=O)(=O)C3)cc2c(=O)cc(N3CCOCC3)oc12. The van der Waals surface area contributed by atoms with E-state index in [4.69, 9.17) is 9.15 Å². The number of carbonyl (C=O) groups excluding carboxylic acids is 1. The molecule has 3 aliphatic heterocycles. The smallest absolute Gasteiger partial charge is 0.253 e. The van der Waals surface area contributed by atoms with Gasteiger partial charge in [0.15, 0.2) is 21.2 Å². The summed E-state index contributed by atoms with van der Waals surface area (Å²) in [6.45, 7) is 4.48. The van der Waals surface area contributed by atoms with Crippen molar-refractivity contribution in [1.82, 2.24) is 4.90 Å². The molecule has 1 atom stereocenters. The molecule has 6 rings (SSSR count). The lowest BCUT2D eigenvalue weighted by molar-refractivity contribution is 0.0202. The van der Waals surface area contributed by atoms with Crippen molar-refractivity contribution in [3.8, 4) is 0 Å². The van der Waals surface area contributed by atoms with Crippen molar-refractivity contribution in [3.05, 3.63) is 69.4 Å². The van der Waals surface area contributed by atoms with Crippen molar-refractivity contribution in [1.29, 1.82) is 0 Å². The van der Waals surface area contributed by atoms with Crippen LogP contribution in [0.3, 0.4) is 0 Å². The average molecular weight is 560 g/mol. The third kappa shape index (κ3) is 4.87. The van der Waals surface area contributed by atoms with Crippen LogP contribution in [0.25, 0.3) is 11.0 Å².